The van der Waals surface area contributed by atoms with E-state index in [1.54, 1.807) is 0 Å². The van der Waals surface area contributed by atoms with Crippen LogP contribution in [-0.4, -0.2) is 18.0 Å². The fourth-order valence-corrected chi connectivity index (χ4v) is 2.81. The molecule has 1 fully saturated rings. The topological polar surface area (TPSA) is 55.1 Å². The molecule has 3 N–H and O–H groups in total. The number of carbonyl (C=O) groups excluding carboxylic acids is 1. The number of nitrogens with two attached hydrogens (primary N) is 1. The number of halogens is 1. The zero-order valence-corrected chi connectivity index (χ0v) is 13.9. The number of amides is 1. The van der Waals surface area contributed by atoms with Crippen LogP contribution in [0.25, 0.3) is 0 Å². The van der Waals surface area contributed by atoms with Gasteiger partial charge in [-0.05, 0) is 42.9 Å². The van der Waals surface area contributed by atoms with Crippen LogP contribution in [0.4, 0.5) is 0 Å². The smallest absolute Gasteiger partial charge is 0.224 e. The van der Waals surface area contributed by atoms with Crippen LogP contribution in [0.1, 0.15) is 38.7 Å². The molecule has 1 saturated carbocycles. The first-order valence-corrected chi connectivity index (χ1v) is 7.94. The monoisotopic (exact) mass is 338 g/mol. The van der Waals surface area contributed by atoms with E-state index in [0.717, 1.165) is 10.9 Å². The fraction of sp³-hybridized carbons (Fsp3) is 0.562. The molecule has 3 unspecified atom stereocenters. The standard InChI is InChI=1S/C16H23BrN2O/c1-10(2)16(3,9-18)19-15(20)14-8-13(14)11-5-4-6-12(17)7-11/h4-7,10,13-14H,8-9,18H2,1-3H3,(H,19,20). The van der Waals surface area contributed by atoms with E-state index in [9.17, 15) is 4.79 Å². The molecule has 0 spiro atoms. The SMILES string of the molecule is CC(C)C(C)(CN)NC(=O)C1CC1c1cccc(Br)c1. The highest BCUT2D eigenvalue weighted by Gasteiger charge is 2.45. The molecule has 0 aliphatic heterocycles. The molecule has 0 heterocycles. The number of benzene rings is 1. The predicted octanol–water partition coefficient (Wildman–Crippen LogP) is 3.04. The third kappa shape index (κ3) is 3.23. The summed E-state index contributed by atoms with van der Waals surface area (Å²) in [6.45, 7) is 6.66. The Balaban J connectivity index is 2.00. The number of carbonyl (C=O) groups is 1. The first-order chi connectivity index (χ1) is 9.37. The second kappa shape index (κ2) is 5.86. The van der Waals surface area contributed by atoms with Gasteiger partial charge in [-0.25, -0.2) is 0 Å². The van der Waals surface area contributed by atoms with E-state index < -0.39 is 0 Å². The lowest BCUT2D eigenvalue weighted by Crippen LogP contribution is -2.55. The Morgan fingerprint density at radius 2 is 2.25 bits per heavy atom. The Labute approximate surface area is 129 Å². The van der Waals surface area contributed by atoms with E-state index in [0.29, 0.717) is 18.4 Å². The third-order valence-electron chi connectivity index (χ3n) is 4.51. The Bertz CT molecular complexity index is 503. The molecule has 0 bridgehead atoms. The summed E-state index contributed by atoms with van der Waals surface area (Å²) in [4.78, 5) is 12.4. The first kappa shape index (κ1) is 15.5. The van der Waals surface area contributed by atoms with Gasteiger partial charge in [0.05, 0.1) is 5.54 Å². The van der Waals surface area contributed by atoms with Gasteiger partial charge in [-0.1, -0.05) is 41.9 Å². The molecule has 1 aromatic rings. The van der Waals surface area contributed by atoms with E-state index in [-0.39, 0.29) is 17.4 Å². The molecule has 0 saturated heterocycles. The predicted molar refractivity (Wildman–Crippen MR) is 85.4 cm³/mol. The maximum Gasteiger partial charge on any atom is 0.224 e. The van der Waals surface area contributed by atoms with Crippen LogP contribution in [0.5, 0.6) is 0 Å². The second-order valence-corrected chi connectivity index (χ2v) is 7.18. The minimum atomic E-state index is -0.318. The summed E-state index contributed by atoms with van der Waals surface area (Å²) in [7, 11) is 0. The molecule has 3 atom stereocenters. The molecule has 20 heavy (non-hydrogen) atoms. The van der Waals surface area contributed by atoms with Crippen LogP contribution in [-0.2, 0) is 4.79 Å². The molecule has 0 radical (unpaired) electrons. The molecule has 1 aromatic carbocycles. The van der Waals surface area contributed by atoms with Crippen LogP contribution in [0.3, 0.4) is 0 Å². The number of rotatable bonds is 5. The summed E-state index contributed by atoms with van der Waals surface area (Å²) in [6, 6.07) is 8.21. The van der Waals surface area contributed by atoms with Crippen molar-refractivity contribution in [2.75, 3.05) is 6.54 Å². The van der Waals surface area contributed by atoms with Crippen LogP contribution in [0.2, 0.25) is 0 Å². The molecule has 3 nitrogen and oxygen atoms in total. The van der Waals surface area contributed by atoms with Crippen molar-refractivity contribution in [1.82, 2.24) is 5.32 Å². The van der Waals surface area contributed by atoms with Crippen molar-refractivity contribution >= 4 is 21.8 Å². The lowest BCUT2D eigenvalue weighted by Gasteiger charge is -2.33. The molecule has 0 aromatic heterocycles. The van der Waals surface area contributed by atoms with Crippen molar-refractivity contribution in [3.8, 4) is 0 Å². The van der Waals surface area contributed by atoms with Gasteiger partial charge in [0.25, 0.3) is 0 Å². The zero-order valence-electron chi connectivity index (χ0n) is 12.3. The van der Waals surface area contributed by atoms with Crippen molar-refractivity contribution in [2.45, 2.75) is 38.6 Å². The highest BCUT2D eigenvalue weighted by molar-refractivity contribution is 9.10. The molecule has 1 aliphatic rings. The minimum Gasteiger partial charge on any atom is -0.349 e. The largest absolute Gasteiger partial charge is 0.349 e. The minimum absolute atomic E-state index is 0.0916. The average molecular weight is 339 g/mol. The van der Waals surface area contributed by atoms with Crippen molar-refractivity contribution in [1.29, 1.82) is 0 Å². The van der Waals surface area contributed by atoms with E-state index >= 15 is 0 Å². The highest BCUT2D eigenvalue weighted by atomic mass is 79.9. The third-order valence-corrected chi connectivity index (χ3v) is 5.00. The molecular formula is C16H23BrN2O. The quantitative estimate of drug-likeness (QED) is 0.866. The lowest BCUT2D eigenvalue weighted by atomic mass is 9.88. The van der Waals surface area contributed by atoms with Crippen molar-refractivity contribution in [3.63, 3.8) is 0 Å². The Hall–Kier alpha value is -0.870. The first-order valence-electron chi connectivity index (χ1n) is 7.15. The van der Waals surface area contributed by atoms with Crippen molar-refractivity contribution in [3.05, 3.63) is 34.3 Å². The van der Waals surface area contributed by atoms with E-state index in [1.807, 2.05) is 19.1 Å². The van der Waals surface area contributed by atoms with Gasteiger partial charge in [-0.2, -0.15) is 0 Å². The molecule has 110 valence electrons. The van der Waals surface area contributed by atoms with Gasteiger partial charge >= 0.3 is 0 Å². The normalized spacial score (nSPS) is 24.3. The van der Waals surface area contributed by atoms with Gasteiger partial charge in [0.1, 0.15) is 0 Å². The summed E-state index contributed by atoms with van der Waals surface area (Å²) in [5.74, 6) is 0.895. The average Bonchev–Trinajstić information content (AvgIpc) is 3.18. The van der Waals surface area contributed by atoms with Gasteiger partial charge in [-0.3, -0.25) is 4.79 Å². The van der Waals surface area contributed by atoms with Gasteiger partial charge in [0.15, 0.2) is 0 Å². The van der Waals surface area contributed by atoms with Crippen molar-refractivity contribution < 1.29 is 4.79 Å². The van der Waals surface area contributed by atoms with Gasteiger partial charge in [0, 0.05) is 16.9 Å². The fourth-order valence-electron chi connectivity index (χ4n) is 2.40. The Morgan fingerprint density at radius 1 is 1.55 bits per heavy atom. The van der Waals surface area contributed by atoms with Crippen LogP contribution in [0.15, 0.2) is 28.7 Å². The van der Waals surface area contributed by atoms with Crippen LogP contribution >= 0.6 is 15.9 Å². The number of hydrogen-bond acceptors (Lipinski definition) is 2. The van der Waals surface area contributed by atoms with Crippen LogP contribution in [0, 0.1) is 11.8 Å². The maximum atomic E-state index is 12.4. The van der Waals surface area contributed by atoms with E-state index in [2.05, 4.69) is 47.2 Å². The molecule has 4 heteroatoms. The Kier molecular flexibility index (Phi) is 4.55. The van der Waals surface area contributed by atoms with Gasteiger partial charge in [-0.15, -0.1) is 0 Å². The van der Waals surface area contributed by atoms with Crippen molar-refractivity contribution in [2.24, 2.45) is 17.6 Å². The second-order valence-electron chi connectivity index (χ2n) is 6.27. The molecule has 1 aliphatic carbocycles. The molecular weight excluding hydrogens is 316 g/mol. The zero-order chi connectivity index (χ0) is 14.9. The van der Waals surface area contributed by atoms with E-state index in [1.165, 1.54) is 5.56 Å². The van der Waals surface area contributed by atoms with Gasteiger partial charge in [0.2, 0.25) is 5.91 Å². The molecule has 2 rings (SSSR count). The number of nitrogens with one attached hydrogen (secondary N) is 1. The summed E-state index contributed by atoms with van der Waals surface area (Å²) in [5.41, 5.74) is 6.74. The lowest BCUT2D eigenvalue weighted by molar-refractivity contribution is -0.124. The highest BCUT2D eigenvalue weighted by Crippen LogP contribution is 2.48. The maximum absolute atomic E-state index is 12.4. The summed E-state index contributed by atoms with van der Waals surface area (Å²) >= 11 is 3.48. The summed E-state index contributed by atoms with van der Waals surface area (Å²) < 4.78 is 1.06. The van der Waals surface area contributed by atoms with Gasteiger partial charge < -0.3 is 11.1 Å². The molecule has 1 amide bonds. The summed E-state index contributed by atoms with van der Waals surface area (Å²) in [6.07, 6.45) is 0.932. The Morgan fingerprint density at radius 3 is 2.80 bits per heavy atom. The van der Waals surface area contributed by atoms with E-state index in [4.69, 9.17) is 5.73 Å². The number of hydrogen-bond donors (Lipinski definition) is 2. The van der Waals surface area contributed by atoms with Crippen LogP contribution < -0.4 is 11.1 Å². The summed E-state index contributed by atoms with van der Waals surface area (Å²) in [5, 5.41) is 3.14.